The third-order valence-corrected chi connectivity index (χ3v) is 8.27. The van der Waals surface area contributed by atoms with Crippen molar-refractivity contribution in [1.29, 1.82) is 0 Å². The van der Waals surface area contributed by atoms with Crippen LogP contribution >= 0.6 is 11.3 Å². The standard InChI is InChI=1S/C22H32N4O3S2/c1-18(2)21(24-31(28,29)20-10-6-17-30-20)22(27)23-11-7-12-25-13-15-26(16-14-25)19-8-4-3-5-9-19/h3-6,8-10,17-18,21,24H,7,11-16H2,1-2H3,(H,23,27). The molecule has 0 saturated carbocycles. The van der Waals surface area contributed by atoms with Gasteiger partial charge in [-0.25, -0.2) is 8.42 Å². The van der Waals surface area contributed by atoms with Gasteiger partial charge in [-0.2, -0.15) is 4.72 Å². The first-order valence-electron chi connectivity index (χ1n) is 10.7. The van der Waals surface area contributed by atoms with Crippen LogP contribution in [-0.4, -0.2) is 64.5 Å². The molecule has 1 atom stereocenters. The predicted molar refractivity (Wildman–Crippen MR) is 126 cm³/mol. The van der Waals surface area contributed by atoms with Crippen molar-refractivity contribution in [2.24, 2.45) is 5.92 Å². The zero-order valence-electron chi connectivity index (χ0n) is 18.2. The van der Waals surface area contributed by atoms with Crippen molar-refractivity contribution in [3.8, 4) is 0 Å². The van der Waals surface area contributed by atoms with E-state index in [9.17, 15) is 13.2 Å². The second-order valence-electron chi connectivity index (χ2n) is 8.08. The van der Waals surface area contributed by atoms with E-state index in [1.165, 1.54) is 5.69 Å². The molecule has 9 heteroatoms. The van der Waals surface area contributed by atoms with Crippen molar-refractivity contribution in [2.45, 2.75) is 30.5 Å². The minimum Gasteiger partial charge on any atom is -0.369 e. The molecule has 1 fully saturated rings. The second-order valence-corrected chi connectivity index (χ2v) is 11.0. The minimum absolute atomic E-state index is 0.152. The first kappa shape index (κ1) is 23.7. The molecule has 3 rings (SSSR count). The van der Waals surface area contributed by atoms with Gasteiger partial charge in [-0.05, 0) is 42.5 Å². The molecule has 170 valence electrons. The summed E-state index contributed by atoms with van der Waals surface area (Å²) < 4.78 is 27.8. The summed E-state index contributed by atoms with van der Waals surface area (Å²) in [6.07, 6.45) is 0.833. The third kappa shape index (κ3) is 6.77. The molecule has 1 aliphatic rings. The fourth-order valence-corrected chi connectivity index (χ4v) is 5.98. The molecule has 1 aromatic carbocycles. The highest BCUT2D eigenvalue weighted by Crippen LogP contribution is 2.18. The Bertz CT molecular complexity index is 909. The fourth-order valence-electron chi connectivity index (χ4n) is 3.63. The molecule has 2 N–H and O–H groups in total. The molecular weight excluding hydrogens is 432 g/mol. The Labute approximate surface area is 189 Å². The average Bonchev–Trinajstić information content (AvgIpc) is 3.32. The Morgan fingerprint density at radius 1 is 1.06 bits per heavy atom. The summed E-state index contributed by atoms with van der Waals surface area (Å²) in [7, 11) is -3.69. The van der Waals surface area contributed by atoms with E-state index in [1.807, 2.05) is 19.9 Å². The van der Waals surface area contributed by atoms with Crippen molar-refractivity contribution < 1.29 is 13.2 Å². The highest BCUT2D eigenvalue weighted by Gasteiger charge is 2.28. The van der Waals surface area contributed by atoms with Crippen LogP contribution in [0.15, 0.2) is 52.1 Å². The topological polar surface area (TPSA) is 81.7 Å². The smallest absolute Gasteiger partial charge is 0.250 e. The van der Waals surface area contributed by atoms with Crippen LogP contribution in [0.25, 0.3) is 0 Å². The first-order chi connectivity index (χ1) is 14.9. The number of para-hydroxylation sites is 1. The van der Waals surface area contributed by atoms with E-state index in [2.05, 4.69) is 44.1 Å². The van der Waals surface area contributed by atoms with Crippen LogP contribution < -0.4 is 14.9 Å². The number of anilines is 1. The number of piperazine rings is 1. The third-order valence-electron chi connectivity index (χ3n) is 5.44. The van der Waals surface area contributed by atoms with Crippen molar-refractivity contribution in [1.82, 2.24) is 14.9 Å². The Morgan fingerprint density at radius 2 is 1.77 bits per heavy atom. The van der Waals surface area contributed by atoms with Crippen molar-refractivity contribution in [2.75, 3.05) is 44.2 Å². The van der Waals surface area contributed by atoms with Gasteiger partial charge >= 0.3 is 0 Å². The number of hydrogen-bond donors (Lipinski definition) is 2. The molecule has 1 unspecified atom stereocenters. The van der Waals surface area contributed by atoms with E-state index in [4.69, 9.17) is 0 Å². The lowest BCUT2D eigenvalue weighted by Crippen LogP contribution is -2.50. The summed E-state index contributed by atoms with van der Waals surface area (Å²) >= 11 is 1.14. The summed E-state index contributed by atoms with van der Waals surface area (Å²) in [4.78, 5) is 17.4. The number of nitrogens with one attached hydrogen (secondary N) is 2. The highest BCUT2D eigenvalue weighted by atomic mass is 32.2. The zero-order chi connectivity index (χ0) is 22.3. The molecule has 1 aromatic heterocycles. The van der Waals surface area contributed by atoms with Crippen LogP contribution in [0, 0.1) is 5.92 Å². The summed E-state index contributed by atoms with van der Waals surface area (Å²) in [6, 6.07) is 12.9. The van der Waals surface area contributed by atoms with E-state index in [1.54, 1.807) is 17.5 Å². The largest absolute Gasteiger partial charge is 0.369 e. The molecular formula is C22H32N4O3S2. The summed E-state index contributed by atoms with van der Waals surface area (Å²) in [5.41, 5.74) is 1.26. The molecule has 31 heavy (non-hydrogen) atoms. The first-order valence-corrected chi connectivity index (χ1v) is 13.1. The van der Waals surface area contributed by atoms with E-state index in [-0.39, 0.29) is 16.0 Å². The highest BCUT2D eigenvalue weighted by molar-refractivity contribution is 7.91. The number of hydrogen-bond acceptors (Lipinski definition) is 6. The van der Waals surface area contributed by atoms with Crippen LogP contribution in [0.5, 0.6) is 0 Å². The number of benzene rings is 1. The van der Waals surface area contributed by atoms with E-state index in [0.717, 1.165) is 50.5 Å². The van der Waals surface area contributed by atoms with Crippen molar-refractivity contribution in [3.05, 3.63) is 47.8 Å². The quantitative estimate of drug-likeness (QED) is 0.528. The van der Waals surface area contributed by atoms with Crippen LogP contribution in [-0.2, 0) is 14.8 Å². The predicted octanol–water partition coefficient (Wildman–Crippen LogP) is 2.38. The summed E-state index contributed by atoms with van der Waals surface area (Å²) in [6.45, 7) is 9.11. The summed E-state index contributed by atoms with van der Waals surface area (Å²) in [5.74, 6) is -0.426. The number of sulfonamides is 1. The number of thiophene rings is 1. The minimum atomic E-state index is -3.69. The van der Waals surface area contributed by atoms with Gasteiger partial charge in [0, 0.05) is 38.4 Å². The Hall–Kier alpha value is -1.94. The Kier molecular flexibility index (Phi) is 8.48. The average molecular weight is 465 g/mol. The molecule has 2 heterocycles. The molecule has 1 saturated heterocycles. The SMILES string of the molecule is CC(C)C(NS(=O)(=O)c1cccs1)C(=O)NCCCN1CCN(c2ccccc2)CC1. The van der Waals surface area contributed by atoms with Gasteiger partial charge in [0.1, 0.15) is 10.3 Å². The normalized spacial score (nSPS) is 16.4. The maximum Gasteiger partial charge on any atom is 0.250 e. The van der Waals surface area contributed by atoms with Crippen molar-refractivity contribution in [3.63, 3.8) is 0 Å². The van der Waals surface area contributed by atoms with E-state index in [0.29, 0.717) is 6.54 Å². The van der Waals surface area contributed by atoms with Gasteiger partial charge < -0.3 is 10.2 Å². The molecule has 0 spiro atoms. The Morgan fingerprint density at radius 3 is 2.39 bits per heavy atom. The fraction of sp³-hybridized carbons (Fsp3) is 0.500. The summed E-state index contributed by atoms with van der Waals surface area (Å²) in [5, 5.41) is 4.61. The second kappa shape index (κ2) is 11.1. The zero-order valence-corrected chi connectivity index (χ0v) is 19.8. The van der Waals surface area contributed by atoms with Gasteiger partial charge in [0.2, 0.25) is 5.91 Å². The van der Waals surface area contributed by atoms with Crippen LogP contribution in [0.1, 0.15) is 20.3 Å². The van der Waals surface area contributed by atoms with Gasteiger partial charge in [-0.1, -0.05) is 38.1 Å². The lowest BCUT2D eigenvalue weighted by molar-refractivity contribution is -0.123. The van der Waals surface area contributed by atoms with Crippen LogP contribution in [0.4, 0.5) is 5.69 Å². The monoisotopic (exact) mass is 464 g/mol. The van der Waals surface area contributed by atoms with Gasteiger partial charge in [0.25, 0.3) is 10.0 Å². The van der Waals surface area contributed by atoms with Crippen LogP contribution in [0.2, 0.25) is 0 Å². The molecule has 7 nitrogen and oxygen atoms in total. The van der Waals surface area contributed by atoms with Gasteiger partial charge in [0.05, 0.1) is 0 Å². The van der Waals surface area contributed by atoms with Crippen LogP contribution in [0.3, 0.4) is 0 Å². The maximum atomic E-state index is 12.6. The number of rotatable bonds is 10. The molecule has 1 aliphatic heterocycles. The van der Waals surface area contributed by atoms with Gasteiger partial charge in [-0.3, -0.25) is 9.69 Å². The van der Waals surface area contributed by atoms with Gasteiger partial charge in [-0.15, -0.1) is 11.3 Å². The number of nitrogens with zero attached hydrogens (tertiary/aromatic N) is 2. The Balaban J connectivity index is 1.40. The van der Waals surface area contributed by atoms with Crippen molar-refractivity contribution >= 4 is 33.0 Å². The van der Waals surface area contributed by atoms with E-state index < -0.39 is 16.1 Å². The number of carbonyl (C=O) groups is 1. The van der Waals surface area contributed by atoms with E-state index >= 15 is 0 Å². The molecule has 0 radical (unpaired) electrons. The maximum absolute atomic E-state index is 12.6. The number of amides is 1. The molecule has 1 amide bonds. The lowest BCUT2D eigenvalue weighted by Gasteiger charge is -2.36. The molecule has 0 bridgehead atoms. The molecule has 0 aliphatic carbocycles. The lowest BCUT2D eigenvalue weighted by atomic mass is 10.1. The molecule has 2 aromatic rings. The van der Waals surface area contributed by atoms with Gasteiger partial charge in [0.15, 0.2) is 0 Å². The number of carbonyl (C=O) groups excluding carboxylic acids is 1.